The lowest BCUT2D eigenvalue weighted by Gasteiger charge is -2.56. The zero-order valence-electron chi connectivity index (χ0n) is 38.3. The van der Waals surface area contributed by atoms with E-state index in [1.807, 2.05) is 26.0 Å². The number of aromatic nitrogens is 4. The van der Waals surface area contributed by atoms with Crippen LogP contribution >= 0.6 is 11.6 Å². The molecule has 0 spiro atoms. The first-order chi connectivity index (χ1) is 31.8. The van der Waals surface area contributed by atoms with Crippen LogP contribution in [-0.2, 0) is 35.5 Å². The van der Waals surface area contributed by atoms with Crippen LogP contribution in [0, 0.1) is 60.2 Å². The highest BCUT2D eigenvalue weighted by molar-refractivity contribution is 6.33. The molecule has 0 saturated heterocycles. The third-order valence-electron chi connectivity index (χ3n) is 16.9. The summed E-state index contributed by atoms with van der Waals surface area (Å²) >= 11 is 6.23. The van der Waals surface area contributed by atoms with Gasteiger partial charge in [-0.3, -0.25) is 19.2 Å². The molecule has 66 heavy (non-hydrogen) atoms. The molecule has 0 radical (unpaired) electrons. The second-order valence-electron chi connectivity index (χ2n) is 21.8. The zero-order valence-corrected chi connectivity index (χ0v) is 39.0. The Morgan fingerprint density at radius 2 is 1.06 bits per heavy atom. The van der Waals surface area contributed by atoms with Gasteiger partial charge >= 0.3 is 0 Å². The molecule has 8 aliphatic carbocycles. The fourth-order valence-corrected chi connectivity index (χ4v) is 15.4. The van der Waals surface area contributed by atoms with Gasteiger partial charge in [0, 0.05) is 37.1 Å². The van der Waals surface area contributed by atoms with Crippen molar-refractivity contribution in [1.29, 1.82) is 0 Å². The number of nitrogens with zero attached hydrogens (tertiary/aromatic N) is 6. The number of nitrogens with one attached hydrogen (secondary N) is 2. The molecule has 8 bridgehead atoms. The van der Waals surface area contributed by atoms with Crippen molar-refractivity contribution in [3.63, 3.8) is 0 Å². The van der Waals surface area contributed by atoms with Crippen molar-refractivity contribution in [2.45, 2.75) is 130 Å². The highest BCUT2D eigenvalue weighted by atomic mass is 35.5. The molecule has 2 aliphatic heterocycles. The smallest absolute Gasteiger partial charge is 0.257 e. The van der Waals surface area contributed by atoms with Crippen LogP contribution in [0.2, 0.25) is 5.02 Å². The van der Waals surface area contributed by atoms with Crippen LogP contribution in [0.1, 0.15) is 145 Å². The topological polar surface area (TPSA) is 164 Å². The van der Waals surface area contributed by atoms with Crippen molar-refractivity contribution in [2.75, 3.05) is 23.7 Å². The largest absolute Gasteiger partial charge is 0.466 e. The van der Waals surface area contributed by atoms with E-state index in [1.54, 1.807) is 28.0 Å². The molecule has 10 aliphatic rings. The number of carbonyl (C=O) groups excluding carboxylic acids is 4. The number of anilines is 2. The molecule has 2 N–H and O–H groups in total. The number of furan rings is 1. The Kier molecular flexibility index (Phi) is 11.3. The Labute approximate surface area is 391 Å². The predicted molar refractivity (Wildman–Crippen MR) is 248 cm³/mol. The van der Waals surface area contributed by atoms with Crippen LogP contribution in [0.4, 0.5) is 11.6 Å². The van der Waals surface area contributed by atoms with E-state index in [2.05, 4.69) is 30.6 Å². The van der Waals surface area contributed by atoms with Crippen LogP contribution in [0.15, 0.2) is 47.4 Å². The van der Waals surface area contributed by atoms with Crippen molar-refractivity contribution >= 4 is 46.9 Å². The summed E-state index contributed by atoms with van der Waals surface area (Å²) in [6, 6.07) is 8.90. The minimum atomic E-state index is -0.0998. The van der Waals surface area contributed by atoms with Crippen LogP contribution in [0.25, 0.3) is 0 Å². The molecule has 4 amide bonds. The van der Waals surface area contributed by atoms with Gasteiger partial charge in [-0.25, -0.2) is 19.9 Å². The van der Waals surface area contributed by atoms with Crippen LogP contribution < -0.4 is 10.6 Å². The van der Waals surface area contributed by atoms with E-state index in [0.29, 0.717) is 85.4 Å². The van der Waals surface area contributed by atoms with E-state index in [4.69, 9.17) is 16.0 Å². The number of fused-ring (bicyclic) bond motifs is 2. The Hall–Kier alpha value is -5.17. The van der Waals surface area contributed by atoms with Gasteiger partial charge in [0.15, 0.2) is 0 Å². The maximum Gasteiger partial charge on any atom is 0.257 e. The monoisotopic (exact) mass is 912 g/mol. The summed E-state index contributed by atoms with van der Waals surface area (Å²) in [6.45, 7) is 5.58. The molecule has 4 aromatic rings. The number of benzene rings is 1. The highest BCUT2D eigenvalue weighted by Gasteiger charge is 2.53. The normalized spacial score (nSPS) is 29.7. The predicted octanol–water partition coefficient (Wildman–Crippen LogP) is 9.30. The lowest BCUT2D eigenvalue weighted by Crippen LogP contribution is -2.47. The van der Waals surface area contributed by atoms with Gasteiger partial charge in [-0.1, -0.05) is 23.7 Å². The lowest BCUT2D eigenvalue weighted by atomic mass is 9.49. The van der Waals surface area contributed by atoms with Crippen molar-refractivity contribution in [1.82, 2.24) is 29.7 Å². The average molecular weight is 914 g/mol. The zero-order chi connectivity index (χ0) is 45.3. The molecule has 8 fully saturated rings. The number of amides is 4. The van der Waals surface area contributed by atoms with E-state index in [0.717, 1.165) is 63.8 Å². The Morgan fingerprint density at radius 3 is 1.47 bits per heavy atom. The van der Waals surface area contributed by atoms with E-state index in [9.17, 15) is 19.2 Å². The molecule has 3 aromatic heterocycles. The van der Waals surface area contributed by atoms with Crippen molar-refractivity contribution in [3.8, 4) is 0 Å². The Bertz CT molecular complexity index is 2520. The molecular formula is C52H61ClN8O5. The van der Waals surface area contributed by atoms with Crippen molar-refractivity contribution < 1.29 is 23.6 Å². The van der Waals surface area contributed by atoms with Gasteiger partial charge < -0.3 is 24.9 Å². The SMILES string of the molecule is Cc1cc(C(=O)N2CCc3c(ncnc3NC(=O)CC34CC5CC(CC(C5)C3)C4)C2)c(C)o1.O=C(CC12CC3CC(CC(C3)C1)C2)Nc1ncnc2c1CCN(C(=O)c1ccccc1Cl)C2. The number of rotatable bonds is 8. The third-order valence-corrected chi connectivity index (χ3v) is 17.2. The van der Waals surface area contributed by atoms with Gasteiger partial charge in [0.1, 0.15) is 35.8 Å². The maximum atomic E-state index is 13.1. The minimum absolute atomic E-state index is 0.0407. The molecule has 14 rings (SSSR count). The first kappa shape index (κ1) is 43.4. The summed E-state index contributed by atoms with van der Waals surface area (Å²) in [5, 5.41) is 6.69. The number of hydrogen-bond donors (Lipinski definition) is 2. The van der Waals surface area contributed by atoms with Crippen LogP contribution in [0.5, 0.6) is 0 Å². The first-order valence-corrected chi connectivity index (χ1v) is 24.9. The summed E-state index contributed by atoms with van der Waals surface area (Å²) in [6.07, 6.45) is 21.0. The molecule has 14 heteroatoms. The van der Waals surface area contributed by atoms with Crippen LogP contribution in [-0.4, -0.2) is 66.5 Å². The summed E-state index contributed by atoms with van der Waals surface area (Å²) in [5.41, 5.74) is 5.02. The highest BCUT2D eigenvalue weighted by Crippen LogP contribution is 2.62. The van der Waals surface area contributed by atoms with Gasteiger partial charge in [0.2, 0.25) is 11.8 Å². The van der Waals surface area contributed by atoms with Gasteiger partial charge in [-0.15, -0.1) is 0 Å². The van der Waals surface area contributed by atoms with Crippen molar-refractivity contribution in [2.24, 2.45) is 46.3 Å². The summed E-state index contributed by atoms with van der Waals surface area (Å²) in [4.78, 5) is 73.5. The van der Waals surface area contributed by atoms with Crippen molar-refractivity contribution in [3.05, 3.63) is 93.2 Å². The molecule has 5 heterocycles. The summed E-state index contributed by atoms with van der Waals surface area (Å²) in [7, 11) is 0. The standard InChI is InChI=1S/C26H29ClN4O2.C26H32N4O3/c27-21-4-2-1-3-19(21)25(33)31-6-5-20-22(14-31)28-15-29-24(20)30-23(32)13-26-10-16-7-17(11-26)9-18(8-16)12-26;1-15-5-21(16(2)33-15)25(32)30-4-3-20-22(13-30)27-14-28-24(20)29-23(31)12-26-9-17-6-18(10-26)8-19(7-17)11-26/h1-4,15-18H,5-14H2,(H,28,29,30,32);5,14,17-19H,3-4,6-13H2,1-2H3,(H,27,28,29,31). The third kappa shape index (κ3) is 8.53. The number of carbonyl (C=O) groups is 4. The fourth-order valence-electron chi connectivity index (χ4n) is 15.1. The Balaban J connectivity index is 0.000000146. The minimum Gasteiger partial charge on any atom is -0.466 e. The van der Waals surface area contributed by atoms with Gasteiger partial charge in [-0.05, 0) is 168 Å². The molecular weight excluding hydrogens is 852 g/mol. The van der Waals surface area contributed by atoms with E-state index in [1.165, 1.54) is 89.7 Å². The number of aryl methyl sites for hydroxylation is 2. The van der Waals surface area contributed by atoms with Gasteiger partial charge in [0.25, 0.3) is 11.8 Å². The molecule has 346 valence electrons. The summed E-state index contributed by atoms with van der Waals surface area (Å²) in [5.74, 6) is 7.63. The maximum absolute atomic E-state index is 13.1. The summed E-state index contributed by atoms with van der Waals surface area (Å²) < 4.78 is 5.54. The lowest BCUT2D eigenvalue weighted by molar-refractivity contribution is -0.125. The van der Waals surface area contributed by atoms with E-state index >= 15 is 0 Å². The quantitative estimate of drug-likeness (QED) is 0.175. The molecule has 0 atom stereocenters. The number of hydrogen-bond acceptors (Lipinski definition) is 9. The second-order valence-corrected chi connectivity index (χ2v) is 22.2. The van der Waals surface area contributed by atoms with Gasteiger partial charge in [0.05, 0.1) is 40.6 Å². The number of halogens is 1. The second kappa shape index (κ2) is 17.2. The average Bonchev–Trinajstić information content (AvgIpc) is 3.61. The van der Waals surface area contributed by atoms with Crippen LogP contribution in [0.3, 0.4) is 0 Å². The van der Waals surface area contributed by atoms with E-state index in [-0.39, 0.29) is 34.5 Å². The molecule has 13 nitrogen and oxygen atoms in total. The Morgan fingerprint density at radius 1 is 0.636 bits per heavy atom. The van der Waals surface area contributed by atoms with E-state index < -0.39 is 0 Å². The molecule has 0 unspecified atom stereocenters. The van der Waals surface area contributed by atoms with Gasteiger partial charge in [-0.2, -0.15) is 0 Å². The fraction of sp³-hybridized carbons (Fsp3) is 0.577. The molecule has 8 saturated carbocycles. The molecule has 1 aromatic carbocycles. The first-order valence-electron chi connectivity index (χ1n) is 24.5.